The van der Waals surface area contributed by atoms with Gasteiger partial charge in [-0.2, -0.15) is 9.50 Å². The average molecular weight is 479 g/mol. The standard InChI is InChI=1S/C25H27ClN6O2/c1-17-20(15-18-7-9-19(26)10-8-18)24(33)32-25(27-17)28-23(29-32)16-30-11-13-31(14-12-30)21-5-3-4-6-22(21)34-2/h3-10H,11-16H2,1-2H3,(H,27,28,29). The number of hydrogen-bond donors (Lipinski definition) is 1. The van der Waals surface area contributed by atoms with Crippen LogP contribution in [0.25, 0.3) is 5.78 Å². The Morgan fingerprint density at radius 1 is 1.03 bits per heavy atom. The van der Waals surface area contributed by atoms with Gasteiger partial charge in [-0.25, -0.2) is 4.98 Å². The lowest BCUT2D eigenvalue weighted by Crippen LogP contribution is -2.46. The Morgan fingerprint density at radius 2 is 1.76 bits per heavy atom. The van der Waals surface area contributed by atoms with Crippen LogP contribution in [0.4, 0.5) is 5.69 Å². The minimum atomic E-state index is -0.114. The second-order valence-electron chi connectivity index (χ2n) is 8.52. The van der Waals surface area contributed by atoms with Gasteiger partial charge in [0.05, 0.1) is 25.0 Å². The van der Waals surface area contributed by atoms with E-state index in [1.54, 1.807) is 7.11 Å². The van der Waals surface area contributed by atoms with E-state index in [4.69, 9.17) is 16.3 Å². The largest absolute Gasteiger partial charge is 0.495 e. The Hall–Kier alpha value is -3.36. The predicted molar refractivity (Wildman–Crippen MR) is 133 cm³/mol. The van der Waals surface area contributed by atoms with Gasteiger partial charge in [0.15, 0.2) is 0 Å². The van der Waals surface area contributed by atoms with Crippen LogP contribution in [-0.2, 0) is 13.0 Å². The minimum Gasteiger partial charge on any atom is -0.495 e. The number of H-pyrrole nitrogens is 1. The van der Waals surface area contributed by atoms with E-state index < -0.39 is 0 Å². The Bertz CT molecular complexity index is 1360. The third kappa shape index (κ3) is 4.51. The number of hydrogen-bond acceptors (Lipinski definition) is 6. The molecular formula is C25H27ClN6O2. The van der Waals surface area contributed by atoms with Crippen molar-refractivity contribution in [3.8, 4) is 5.75 Å². The van der Waals surface area contributed by atoms with Crippen LogP contribution in [0.15, 0.2) is 53.3 Å². The molecule has 3 heterocycles. The van der Waals surface area contributed by atoms with Gasteiger partial charge in [0.25, 0.3) is 11.3 Å². The summed E-state index contributed by atoms with van der Waals surface area (Å²) in [6, 6.07) is 15.6. The fourth-order valence-electron chi connectivity index (χ4n) is 4.43. The van der Waals surface area contributed by atoms with Crippen molar-refractivity contribution in [3.63, 3.8) is 0 Å². The van der Waals surface area contributed by atoms with Gasteiger partial charge < -0.3 is 9.64 Å². The van der Waals surface area contributed by atoms with Crippen molar-refractivity contribution in [3.05, 3.63) is 86.6 Å². The highest BCUT2D eigenvalue weighted by molar-refractivity contribution is 6.30. The van der Waals surface area contributed by atoms with E-state index in [0.717, 1.165) is 49.0 Å². The summed E-state index contributed by atoms with van der Waals surface area (Å²) < 4.78 is 6.97. The molecule has 9 heteroatoms. The van der Waals surface area contributed by atoms with E-state index >= 15 is 0 Å². The molecule has 1 N–H and O–H groups in total. The number of piperazine rings is 1. The molecule has 176 valence electrons. The Labute approximate surface area is 202 Å². The molecule has 1 aliphatic heterocycles. The summed E-state index contributed by atoms with van der Waals surface area (Å²) in [4.78, 5) is 27.0. The lowest BCUT2D eigenvalue weighted by atomic mass is 10.1. The van der Waals surface area contributed by atoms with Crippen LogP contribution in [0.3, 0.4) is 0 Å². The van der Waals surface area contributed by atoms with Crippen LogP contribution in [0.2, 0.25) is 5.02 Å². The van der Waals surface area contributed by atoms with Gasteiger partial charge in [-0.1, -0.05) is 35.9 Å². The van der Waals surface area contributed by atoms with E-state index in [-0.39, 0.29) is 5.56 Å². The van der Waals surface area contributed by atoms with Crippen molar-refractivity contribution < 1.29 is 4.74 Å². The highest BCUT2D eigenvalue weighted by Crippen LogP contribution is 2.28. The molecule has 5 rings (SSSR count). The molecule has 0 aliphatic carbocycles. The number of aromatic amines is 1. The summed E-state index contributed by atoms with van der Waals surface area (Å²) in [5.74, 6) is 2.03. The normalized spacial score (nSPS) is 14.6. The first-order chi connectivity index (χ1) is 16.5. The summed E-state index contributed by atoms with van der Waals surface area (Å²) in [5.41, 5.74) is 3.37. The number of rotatable bonds is 6. The fraction of sp³-hybridized carbons (Fsp3) is 0.320. The molecule has 4 aromatic rings. The highest BCUT2D eigenvalue weighted by atomic mass is 35.5. The van der Waals surface area contributed by atoms with E-state index in [1.807, 2.05) is 49.4 Å². The summed E-state index contributed by atoms with van der Waals surface area (Å²) in [6.45, 7) is 6.05. The molecule has 0 bridgehead atoms. The van der Waals surface area contributed by atoms with E-state index in [2.05, 4.69) is 30.9 Å². The summed E-state index contributed by atoms with van der Waals surface area (Å²) in [5, 5.41) is 3.84. The first-order valence-corrected chi connectivity index (χ1v) is 11.7. The van der Waals surface area contributed by atoms with Gasteiger partial charge in [-0.3, -0.25) is 14.8 Å². The number of benzene rings is 2. The van der Waals surface area contributed by atoms with E-state index in [9.17, 15) is 4.79 Å². The van der Waals surface area contributed by atoms with Crippen LogP contribution in [0, 0.1) is 6.92 Å². The van der Waals surface area contributed by atoms with Crippen molar-refractivity contribution >= 4 is 23.1 Å². The molecule has 1 saturated heterocycles. The first-order valence-electron chi connectivity index (χ1n) is 11.3. The number of methoxy groups -OCH3 is 1. The van der Waals surface area contributed by atoms with Crippen molar-refractivity contribution in [2.45, 2.75) is 19.9 Å². The van der Waals surface area contributed by atoms with Gasteiger partial charge in [-0.05, 0) is 36.8 Å². The van der Waals surface area contributed by atoms with Crippen LogP contribution in [0.1, 0.15) is 22.6 Å². The van der Waals surface area contributed by atoms with Crippen LogP contribution >= 0.6 is 11.6 Å². The van der Waals surface area contributed by atoms with E-state index in [1.165, 1.54) is 4.52 Å². The fourth-order valence-corrected chi connectivity index (χ4v) is 4.55. The topological polar surface area (TPSA) is 78.8 Å². The number of fused-ring (bicyclic) bond motifs is 1. The molecule has 2 aromatic carbocycles. The van der Waals surface area contributed by atoms with Gasteiger partial charge in [0.2, 0.25) is 0 Å². The number of ether oxygens (including phenoxy) is 1. The molecule has 0 amide bonds. The predicted octanol–water partition coefficient (Wildman–Crippen LogP) is 3.30. The van der Waals surface area contributed by atoms with Gasteiger partial charge in [0.1, 0.15) is 11.6 Å². The second-order valence-corrected chi connectivity index (χ2v) is 8.96. The lowest BCUT2D eigenvalue weighted by Gasteiger charge is -2.36. The SMILES string of the molecule is COc1ccccc1N1CCN(Cc2nc3nc(C)c(Cc4ccc(Cl)cc4)c(=O)n3[nH]2)CC1. The molecule has 2 aromatic heterocycles. The van der Waals surface area contributed by atoms with Gasteiger partial charge in [-0.15, -0.1) is 0 Å². The molecule has 0 radical (unpaired) electrons. The molecular weight excluding hydrogens is 452 g/mol. The zero-order chi connectivity index (χ0) is 23.7. The second kappa shape index (κ2) is 9.48. The van der Waals surface area contributed by atoms with Crippen LogP contribution in [-0.4, -0.2) is 57.8 Å². The van der Waals surface area contributed by atoms with Crippen molar-refractivity contribution in [1.82, 2.24) is 24.5 Å². The van der Waals surface area contributed by atoms with Gasteiger partial charge in [0, 0.05) is 43.2 Å². The Kier molecular flexibility index (Phi) is 6.26. The van der Waals surface area contributed by atoms with Crippen molar-refractivity contribution in [2.24, 2.45) is 0 Å². The number of nitrogens with zero attached hydrogens (tertiary/aromatic N) is 5. The maximum Gasteiger partial charge on any atom is 0.277 e. The Morgan fingerprint density at radius 3 is 2.50 bits per heavy atom. The lowest BCUT2D eigenvalue weighted by molar-refractivity contribution is 0.243. The molecule has 0 saturated carbocycles. The molecule has 0 unspecified atom stereocenters. The number of aromatic nitrogens is 4. The number of aryl methyl sites for hydroxylation is 1. The van der Waals surface area contributed by atoms with Crippen molar-refractivity contribution in [2.75, 3.05) is 38.2 Å². The van der Waals surface area contributed by atoms with Crippen molar-refractivity contribution in [1.29, 1.82) is 0 Å². The minimum absolute atomic E-state index is 0.114. The molecule has 34 heavy (non-hydrogen) atoms. The number of nitrogens with one attached hydrogen (secondary N) is 1. The summed E-state index contributed by atoms with van der Waals surface area (Å²) in [7, 11) is 1.70. The molecule has 1 fully saturated rings. The smallest absolute Gasteiger partial charge is 0.277 e. The highest BCUT2D eigenvalue weighted by Gasteiger charge is 2.21. The molecule has 8 nitrogen and oxygen atoms in total. The van der Waals surface area contributed by atoms with Crippen LogP contribution < -0.4 is 15.2 Å². The van der Waals surface area contributed by atoms with Crippen LogP contribution in [0.5, 0.6) is 5.75 Å². The number of halogens is 1. The summed E-state index contributed by atoms with van der Waals surface area (Å²) >= 11 is 5.99. The third-order valence-electron chi connectivity index (χ3n) is 6.31. The maximum atomic E-state index is 13.2. The number of anilines is 1. The number of para-hydroxylation sites is 2. The van der Waals surface area contributed by atoms with Gasteiger partial charge >= 0.3 is 0 Å². The zero-order valence-corrected chi connectivity index (χ0v) is 20.0. The Balaban J connectivity index is 1.30. The quantitative estimate of drug-likeness (QED) is 0.458. The maximum absolute atomic E-state index is 13.2. The monoisotopic (exact) mass is 478 g/mol. The summed E-state index contributed by atoms with van der Waals surface area (Å²) in [6.07, 6.45) is 0.497. The first kappa shape index (κ1) is 22.4. The molecule has 0 spiro atoms. The average Bonchev–Trinajstić information content (AvgIpc) is 3.25. The molecule has 1 aliphatic rings. The van der Waals surface area contributed by atoms with E-state index in [0.29, 0.717) is 35.0 Å². The zero-order valence-electron chi connectivity index (χ0n) is 19.3. The third-order valence-corrected chi connectivity index (χ3v) is 6.56. The molecule has 0 atom stereocenters.